The van der Waals surface area contributed by atoms with Crippen molar-refractivity contribution >= 4 is 57.2 Å². The lowest BCUT2D eigenvalue weighted by molar-refractivity contribution is -0.384. The van der Waals surface area contributed by atoms with Crippen molar-refractivity contribution in [1.29, 1.82) is 0 Å². The predicted molar refractivity (Wildman–Crippen MR) is 124 cm³/mol. The number of carbonyl (C=O) groups is 2. The number of anilines is 2. The van der Waals surface area contributed by atoms with Gasteiger partial charge in [0, 0.05) is 30.4 Å². The van der Waals surface area contributed by atoms with Gasteiger partial charge >= 0.3 is 0 Å². The highest BCUT2D eigenvalue weighted by atomic mass is 32.2. The van der Waals surface area contributed by atoms with Crippen LogP contribution in [-0.4, -0.2) is 25.9 Å². The summed E-state index contributed by atoms with van der Waals surface area (Å²) >= 11 is 2.51. The van der Waals surface area contributed by atoms with Gasteiger partial charge in [-0.2, -0.15) is 5.10 Å². The highest BCUT2D eigenvalue weighted by Gasteiger charge is 2.57. The zero-order valence-electron chi connectivity index (χ0n) is 16.9. The van der Waals surface area contributed by atoms with E-state index in [1.165, 1.54) is 49.5 Å². The molecule has 8 nitrogen and oxygen atoms in total. The van der Waals surface area contributed by atoms with Gasteiger partial charge in [-0.1, -0.05) is 36.0 Å². The highest BCUT2D eigenvalue weighted by Crippen LogP contribution is 2.60. The lowest BCUT2D eigenvalue weighted by Crippen LogP contribution is -2.49. The van der Waals surface area contributed by atoms with Gasteiger partial charge in [-0.05, 0) is 43.8 Å². The molecular weight excluding hydrogens is 436 g/mol. The van der Waals surface area contributed by atoms with Crippen LogP contribution in [0.2, 0.25) is 0 Å². The van der Waals surface area contributed by atoms with E-state index in [1.54, 1.807) is 17.1 Å². The molecule has 1 spiro atoms. The maximum Gasteiger partial charge on any atom is 0.271 e. The molecule has 4 rings (SSSR count). The fraction of sp³-hybridized carbons (Fsp3) is 0.190. The van der Waals surface area contributed by atoms with E-state index in [-0.39, 0.29) is 22.3 Å². The number of Topliss-reactive ketones (excluding diaryl/α,β-unsaturated/α-hetero) is 2. The number of nitrogens with zero attached hydrogens (tertiary/aromatic N) is 4. The number of benzene rings is 2. The first kappa shape index (κ1) is 21.1. The molecule has 0 N–H and O–H groups in total. The van der Waals surface area contributed by atoms with Crippen LogP contribution in [0.5, 0.6) is 0 Å². The number of rotatable bonds is 5. The number of non-ortho nitro benzene ring substituents is 1. The Bertz CT molecular complexity index is 1160. The Hall–Kier alpha value is -3.11. The molecule has 0 radical (unpaired) electrons. The molecule has 0 fully saturated rings. The predicted octanol–water partition coefficient (Wildman–Crippen LogP) is 4.74. The number of thioether (sulfide) groups is 2. The first-order valence-electron chi connectivity index (χ1n) is 9.34. The largest absolute Gasteiger partial charge is 0.301 e. The third-order valence-electron chi connectivity index (χ3n) is 4.79. The van der Waals surface area contributed by atoms with E-state index in [1.807, 2.05) is 42.2 Å². The molecule has 0 aliphatic carbocycles. The molecule has 158 valence electrons. The SMILES string of the molecule is CC(=O)C1=NN(c2cccc([N+](=O)[O-])c2)C2(S1)SC(C(C)=O)=C(C)N2c1ccccc1. The van der Waals surface area contributed by atoms with E-state index in [0.717, 1.165) is 11.4 Å². The van der Waals surface area contributed by atoms with Gasteiger partial charge in [0.25, 0.3) is 5.69 Å². The van der Waals surface area contributed by atoms with Gasteiger partial charge in [0.1, 0.15) is 0 Å². The lowest BCUT2D eigenvalue weighted by atomic mass is 10.2. The summed E-state index contributed by atoms with van der Waals surface area (Å²) in [4.78, 5) is 38.1. The minimum atomic E-state index is -1.05. The number of nitro groups is 1. The van der Waals surface area contributed by atoms with Crippen molar-refractivity contribution in [3.05, 3.63) is 75.3 Å². The molecule has 2 aromatic carbocycles. The topological polar surface area (TPSA) is 96.1 Å². The Morgan fingerprint density at radius 2 is 1.68 bits per heavy atom. The smallest absolute Gasteiger partial charge is 0.271 e. The van der Waals surface area contributed by atoms with Crippen LogP contribution in [-0.2, 0) is 9.59 Å². The summed E-state index contributed by atoms with van der Waals surface area (Å²) in [6.45, 7) is 4.77. The molecule has 0 saturated carbocycles. The lowest BCUT2D eigenvalue weighted by Gasteiger charge is -2.41. The summed E-state index contributed by atoms with van der Waals surface area (Å²) in [6, 6.07) is 15.6. The summed E-state index contributed by atoms with van der Waals surface area (Å²) in [7, 11) is 0. The Balaban J connectivity index is 1.93. The van der Waals surface area contributed by atoms with Crippen molar-refractivity contribution in [1.82, 2.24) is 0 Å². The molecule has 1 unspecified atom stereocenters. The number of ketones is 2. The molecule has 2 aromatic rings. The van der Waals surface area contributed by atoms with Crippen LogP contribution in [0.4, 0.5) is 17.1 Å². The maximum atomic E-state index is 12.4. The first-order valence-corrected chi connectivity index (χ1v) is 11.0. The fourth-order valence-electron chi connectivity index (χ4n) is 3.48. The second-order valence-corrected chi connectivity index (χ2v) is 9.54. The minimum absolute atomic E-state index is 0.0881. The number of allylic oxidation sites excluding steroid dienone is 2. The van der Waals surface area contributed by atoms with E-state index in [9.17, 15) is 19.7 Å². The number of hydrogen-bond acceptors (Lipinski definition) is 9. The molecule has 0 aromatic heterocycles. The molecule has 2 aliphatic rings. The van der Waals surface area contributed by atoms with E-state index in [2.05, 4.69) is 5.10 Å². The van der Waals surface area contributed by atoms with Crippen molar-refractivity contribution in [2.45, 2.75) is 25.1 Å². The van der Waals surface area contributed by atoms with Gasteiger partial charge in [-0.25, -0.2) is 5.01 Å². The Labute approximate surface area is 187 Å². The second-order valence-electron chi connectivity index (χ2n) is 6.94. The molecule has 1 atom stereocenters. The average molecular weight is 455 g/mol. The van der Waals surface area contributed by atoms with Gasteiger partial charge in [0.05, 0.1) is 15.5 Å². The maximum absolute atomic E-state index is 12.4. The monoisotopic (exact) mass is 454 g/mol. The number of hydrogen-bond donors (Lipinski definition) is 0. The van der Waals surface area contributed by atoms with E-state index in [4.69, 9.17) is 0 Å². The van der Waals surface area contributed by atoms with E-state index in [0.29, 0.717) is 10.6 Å². The zero-order chi connectivity index (χ0) is 22.3. The standard InChI is InChI=1S/C21H18N4O4S2/c1-13-19(14(2)26)30-21(23(13)16-8-5-4-6-9-16)24(22-20(31-21)15(3)27)17-10-7-11-18(12-17)25(28)29/h4-12H,1-3H3. The molecule has 2 heterocycles. The van der Waals surface area contributed by atoms with Crippen LogP contribution >= 0.6 is 23.5 Å². The summed E-state index contributed by atoms with van der Waals surface area (Å²) in [6.07, 6.45) is 0. The average Bonchev–Trinajstić information content (AvgIpc) is 3.27. The number of para-hydroxylation sites is 1. The second kappa shape index (κ2) is 7.86. The van der Waals surface area contributed by atoms with Crippen LogP contribution in [0.1, 0.15) is 20.8 Å². The Morgan fingerprint density at radius 1 is 1.00 bits per heavy atom. The summed E-state index contributed by atoms with van der Waals surface area (Å²) in [5.74, 6) is -0.323. The van der Waals surface area contributed by atoms with E-state index >= 15 is 0 Å². The summed E-state index contributed by atoms with van der Waals surface area (Å²) in [5.41, 5.74) is 1.90. The summed E-state index contributed by atoms with van der Waals surface area (Å²) in [5, 5.41) is 17.8. The Kier molecular flexibility index (Phi) is 5.36. The van der Waals surface area contributed by atoms with Gasteiger partial charge in [0.2, 0.25) is 4.33 Å². The van der Waals surface area contributed by atoms with Gasteiger partial charge in [-0.15, -0.1) is 0 Å². The van der Waals surface area contributed by atoms with E-state index < -0.39 is 9.25 Å². The molecule has 0 saturated heterocycles. The van der Waals surface area contributed by atoms with Crippen LogP contribution in [0, 0.1) is 10.1 Å². The number of nitro benzene ring substituents is 1. The van der Waals surface area contributed by atoms with Crippen LogP contribution in [0.15, 0.2) is 70.3 Å². The number of hydrazone groups is 1. The fourth-order valence-corrected chi connectivity index (χ4v) is 6.43. The van der Waals surface area contributed by atoms with Gasteiger partial charge < -0.3 is 4.90 Å². The van der Waals surface area contributed by atoms with Crippen molar-refractivity contribution in [2.75, 3.05) is 9.91 Å². The highest BCUT2D eigenvalue weighted by molar-refractivity contribution is 8.29. The van der Waals surface area contributed by atoms with Crippen LogP contribution < -0.4 is 9.91 Å². The minimum Gasteiger partial charge on any atom is -0.301 e. The molecule has 0 amide bonds. The third kappa shape index (κ3) is 3.51. The normalized spacial score (nSPS) is 20.4. The first-order chi connectivity index (χ1) is 14.7. The van der Waals surface area contributed by atoms with Crippen LogP contribution in [0.25, 0.3) is 0 Å². The molecule has 2 aliphatic heterocycles. The molecule has 0 bridgehead atoms. The summed E-state index contributed by atoms with van der Waals surface area (Å²) < 4.78 is -1.05. The van der Waals surface area contributed by atoms with Crippen molar-refractivity contribution in [2.24, 2.45) is 5.10 Å². The van der Waals surface area contributed by atoms with Crippen molar-refractivity contribution in [3.8, 4) is 0 Å². The van der Waals surface area contributed by atoms with Crippen LogP contribution in [0.3, 0.4) is 0 Å². The molecule has 31 heavy (non-hydrogen) atoms. The number of carbonyl (C=O) groups excluding carboxylic acids is 2. The third-order valence-corrected chi connectivity index (χ3v) is 7.88. The zero-order valence-corrected chi connectivity index (χ0v) is 18.6. The van der Waals surface area contributed by atoms with Crippen molar-refractivity contribution < 1.29 is 14.5 Å². The Morgan fingerprint density at radius 3 is 2.29 bits per heavy atom. The van der Waals surface area contributed by atoms with Gasteiger partial charge in [-0.3, -0.25) is 19.7 Å². The van der Waals surface area contributed by atoms with Crippen molar-refractivity contribution in [3.63, 3.8) is 0 Å². The quantitative estimate of drug-likeness (QED) is 0.472. The van der Waals surface area contributed by atoms with Gasteiger partial charge in [0.15, 0.2) is 16.6 Å². The molecule has 10 heteroatoms. The molecular formula is C21H18N4O4S2.